The number of ether oxygens (including phenoxy) is 1. The molecule has 2 atom stereocenters. The smallest absolute Gasteiger partial charge is 0.220 e. The third kappa shape index (κ3) is 6.08. The summed E-state index contributed by atoms with van der Waals surface area (Å²) in [7, 11) is 1.65. The van der Waals surface area contributed by atoms with E-state index in [1.807, 2.05) is 37.3 Å². The number of hydrogen-bond donors (Lipinski definition) is 2. The Morgan fingerprint density at radius 1 is 1.30 bits per heavy atom. The Labute approximate surface area is 179 Å². The van der Waals surface area contributed by atoms with Crippen molar-refractivity contribution in [2.45, 2.75) is 45.6 Å². The Bertz CT molecular complexity index is 811. The number of nitrogens with one attached hydrogen (secondary N) is 2. The molecule has 1 aliphatic rings. The van der Waals surface area contributed by atoms with E-state index < -0.39 is 0 Å². The van der Waals surface area contributed by atoms with Crippen LogP contribution in [-0.4, -0.2) is 42.6 Å². The zero-order valence-corrected chi connectivity index (χ0v) is 18.2. The van der Waals surface area contributed by atoms with Gasteiger partial charge in [0.05, 0.1) is 13.2 Å². The molecule has 1 aliphatic heterocycles. The number of carbonyl (C=O) groups excluding carboxylic acids is 1. The molecule has 1 fully saturated rings. The van der Waals surface area contributed by atoms with Gasteiger partial charge in [0.15, 0.2) is 0 Å². The van der Waals surface area contributed by atoms with Crippen LogP contribution in [0.25, 0.3) is 0 Å². The Hall–Kier alpha value is -2.83. The third-order valence-corrected chi connectivity index (χ3v) is 5.63. The van der Waals surface area contributed by atoms with E-state index in [1.165, 1.54) is 0 Å². The number of rotatable bonds is 9. The van der Waals surface area contributed by atoms with Crippen LogP contribution in [0.15, 0.2) is 36.7 Å². The van der Waals surface area contributed by atoms with Gasteiger partial charge in [-0.15, -0.1) is 0 Å². The highest BCUT2D eigenvalue weighted by Gasteiger charge is 2.22. The van der Waals surface area contributed by atoms with Crippen LogP contribution in [0, 0.1) is 5.92 Å². The Balaban J connectivity index is 1.47. The number of hydrogen-bond acceptors (Lipinski definition) is 6. The van der Waals surface area contributed by atoms with E-state index >= 15 is 0 Å². The Morgan fingerprint density at radius 3 is 2.83 bits per heavy atom. The number of aromatic nitrogens is 2. The zero-order chi connectivity index (χ0) is 21.3. The average molecular weight is 412 g/mol. The Morgan fingerprint density at radius 2 is 2.10 bits per heavy atom. The molecule has 1 aromatic heterocycles. The van der Waals surface area contributed by atoms with Crippen molar-refractivity contribution < 1.29 is 9.53 Å². The molecule has 7 nitrogen and oxygen atoms in total. The molecule has 1 amide bonds. The average Bonchev–Trinajstić information content (AvgIpc) is 2.78. The van der Waals surface area contributed by atoms with Gasteiger partial charge in [0.25, 0.3) is 0 Å². The summed E-state index contributed by atoms with van der Waals surface area (Å²) in [4.78, 5) is 23.5. The van der Waals surface area contributed by atoms with E-state index in [-0.39, 0.29) is 11.9 Å². The van der Waals surface area contributed by atoms with Crippen molar-refractivity contribution in [1.82, 2.24) is 15.3 Å². The molecule has 0 saturated carbocycles. The molecule has 2 N–H and O–H groups in total. The van der Waals surface area contributed by atoms with E-state index in [0.29, 0.717) is 12.3 Å². The predicted molar refractivity (Wildman–Crippen MR) is 120 cm³/mol. The van der Waals surface area contributed by atoms with E-state index in [4.69, 9.17) is 4.74 Å². The SMILES string of the molecule is CCNc1cc(N2CCC[C@H](CCC(=O)N[C@@H](C)c3ccc(OC)cc3)C2)ncn1. The molecule has 0 aliphatic carbocycles. The first-order valence-electron chi connectivity index (χ1n) is 10.8. The molecular weight excluding hydrogens is 378 g/mol. The van der Waals surface area contributed by atoms with Crippen molar-refractivity contribution in [2.75, 3.05) is 37.0 Å². The zero-order valence-electron chi connectivity index (χ0n) is 18.2. The first kappa shape index (κ1) is 21.9. The molecule has 0 radical (unpaired) electrons. The van der Waals surface area contributed by atoms with Gasteiger partial charge in [-0.2, -0.15) is 0 Å². The minimum absolute atomic E-state index is 0.0169. The minimum Gasteiger partial charge on any atom is -0.497 e. The van der Waals surface area contributed by atoms with Crippen molar-refractivity contribution in [3.05, 3.63) is 42.2 Å². The summed E-state index contributed by atoms with van der Waals surface area (Å²) in [5, 5.41) is 6.35. The highest BCUT2D eigenvalue weighted by molar-refractivity contribution is 5.76. The molecule has 0 spiro atoms. The van der Waals surface area contributed by atoms with Crippen LogP contribution in [0.5, 0.6) is 5.75 Å². The van der Waals surface area contributed by atoms with Gasteiger partial charge in [-0.25, -0.2) is 9.97 Å². The molecule has 3 rings (SSSR count). The number of amides is 1. The van der Waals surface area contributed by atoms with Gasteiger partial charge in [-0.05, 0) is 56.7 Å². The number of carbonyl (C=O) groups is 1. The molecule has 0 bridgehead atoms. The maximum atomic E-state index is 12.5. The van der Waals surface area contributed by atoms with Crippen LogP contribution < -0.4 is 20.3 Å². The number of piperidine rings is 1. The van der Waals surface area contributed by atoms with E-state index in [1.54, 1.807) is 13.4 Å². The fraction of sp³-hybridized carbons (Fsp3) is 0.522. The molecular formula is C23H33N5O2. The summed E-state index contributed by atoms with van der Waals surface area (Å²) < 4.78 is 5.19. The van der Waals surface area contributed by atoms with Crippen LogP contribution in [0.3, 0.4) is 0 Å². The van der Waals surface area contributed by atoms with E-state index in [9.17, 15) is 4.79 Å². The lowest BCUT2D eigenvalue weighted by Gasteiger charge is -2.33. The molecule has 2 aromatic rings. The Kier molecular flexibility index (Phi) is 7.88. The summed E-state index contributed by atoms with van der Waals surface area (Å²) >= 11 is 0. The van der Waals surface area contributed by atoms with Gasteiger partial charge in [0.2, 0.25) is 5.91 Å². The van der Waals surface area contributed by atoms with Crippen molar-refractivity contribution >= 4 is 17.5 Å². The second-order valence-electron chi connectivity index (χ2n) is 7.85. The number of benzene rings is 1. The maximum Gasteiger partial charge on any atom is 0.220 e. The van der Waals surface area contributed by atoms with E-state index in [2.05, 4.69) is 32.4 Å². The van der Waals surface area contributed by atoms with Crippen molar-refractivity contribution in [3.8, 4) is 5.75 Å². The van der Waals surface area contributed by atoms with Crippen LogP contribution >= 0.6 is 0 Å². The molecule has 0 unspecified atom stereocenters. The van der Waals surface area contributed by atoms with E-state index in [0.717, 1.165) is 61.8 Å². The summed E-state index contributed by atoms with van der Waals surface area (Å²) in [6, 6.07) is 9.82. The lowest BCUT2D eigenvalue weighted by molar-refractivity contribution is -0.122. The lowest BCUT2D eigenvalue weighted by Crippen LogP contribution is -2.36. The number of anilines is 2. The molecule has 1 aromatic carbocycles. The van der Waals surface area contributed by atoms with Gasteiger partial charge >= 0.3 is 0 Å². The highest BCUT2D eigenvalue weighted by atomic mass is 16.5. The van der Waals surface area contributed by atoms with Crippen LogP contribution in [-0.2, 0) is 4.79 Å². The van der Waals surface area contributed by atoms with Crippen molar-refractivity contribution in [1.29, 1.82) is 0 Å². The van der Waals surface area contributed by atoms with Gasteiger partial charge in [-0.1, -0.05) is 12.1 Å². The first-order valence-corrected chi connectivity index (χ1v) is 10.8. The van der Waals surface area contributed by atoms with Crippen molar-refractivity contribution in [3.63, 3.8) is 0 Å². The summed E-state index contributed by atoms with van der Waals surface area (Å²) in [5.41, 5.74) is 1.08. The third-order valence-electron chi connectivity index (χ3n) is 5.63. The summed E-state index contributed by atoms with van der Waals surface area (Å²) in [6.07, 6.45) is 5.33. The van der Waals surface area contributed by atoms with Crippen LogP contribution in [0.4, 0.5) is 11.6 Å². The van der Waals surface area contributed by atoms with Gasteiger partial charge in [0, 0.05) is 32.1 Å². The number of methoxy groups -OCH3 is 1. The highest BCUT2D eigenvalue weighted by Crippen LogP contribution is 2.26. The first-order chi connectivity index (χ1) is 14.6. The van der Waals surface area contributed by atoms with Crippen LogP contribution in [0.1, 0.15) is 51.1 Å². The fourth-order valence-corrected chi connectivity index (χ4v) is 3.93. The van der Waals surface area contributed by atoms with Crippen LogP contribution in [0.2, 0.25) is 0 Å². The second-order valence-corrected chi connectivity index (χ2v) is 7.85. The fourth-order valence-electron chi connectivity index (χ4n) is 3.93. The van der Waals surface area contributed by atoms with Gasteiger partial charge in [0.1, 0.15) is 23.7 Å². The largest absolute Gasteiger partial charge is 0.497 e. The monoisotopic (exact) mass is 411 g/mol. The van der Waals surface area contributed by atoms with Crippen molar-refractivity contribution in [2.24, 2.45) is 5.92 Å². The molecule has 30 heavy (non-hydrogen) atoms. The molecule has 7 heteroatoms. The second kappa shape index (κ2) is 10.8. The molecule has 2 heterocycles. The summed E-state index contributed by atoms with van der Waals surface area (Å²) in [5.74, 6) is 3.24. The van der Waals surface area contributed by atoms with Gasteiger partial charge < -0.3 is 20.3 Å². The maximum absolute atomic E-state index is 12.5. The minimum atomic E-state index is -0.0169. The normalized spacial score (nSPS) is 17.3. The lowest BCUT2D eigenvalue weighted by atomic mass is 9.93. The predicted octanol–water partition coefficient (Wildman–Crippen LogP) is 3.79. The topological polar surface area (TPSA) is 79.4 Å². The molecule has 1 saturated heterocycles. The molecule has 162 valence electrons. The summed E-state index contributed by atoms with van der Waals surface area (Å²) in [6.45, 7) is 6.84. The standard InChI is InChI=1S/C23H33N5O2/c1-4-24-21-14-22(26-16-25-21)28-13-5-6-18(15-28)7-12-23(29)27-17(2)19-8-10-20(30-3)11-9-19/h8-11,14,16-18H,4-7,12-13,15H2,1-3H3,(H,27,29)(H,24,25,26)/t17-,18+/m0/s1. The number of nitrogens with zero attached hydrogens (tertiary/aromatic N) is 3. The quantitative estimate of drug-likeness (QED) is 0.654. The van der Waals surface area contributed by atoms with Gasteiger partial charge in [-0.3, -0.25) is 4.79 Å².